The minimum Gasteiger partial charge on any atom is -0.338 e. The van der Waals surface area contributed by atoms with Gasteiger partial charge < -0.3 is 15.2 Å². The molecule has 3 rings (SSSR count). The molecule has 1 aromatic heterocycles. The minimum absolute atomic E-state index is 0.0932. The zero-order valence-corrected chi connectivity index (χ0v) is 13.9. The number of unbranched alkanes of at least 4 members (excludes halogenated alkanes) is 1. The first-order valence-corrected chi connectivity index (χ1v) is 8.44. The summed E-state index contributed by atoms with van der Waals surface area (Å²) in [5, 5.41) is 5.82. The number of rotatable bonds is 6. The van der Waals surface area contributed by atoms with Crippen LogP contribution in [0.2, 0.25) is 0 Å². The smallest absolute Gasteiger partial charge is 0.315 e. The molecule has 2 amide bonds. The zero-order chi connectivity index (χ0) is 16.9. The number of aromatic nitrogens is 2. The Morgan fingerprint density at radius 3 is 3.08 bits per heavy atom. The lowest BCUT2D eigenvalue weighted by atomic mass is 10.1. The van der Waals surface area contributed by atoms with E-state index in [1.165, 1.54) is 12.1 Å². The molecule has 1 heterocycles. The van der Waals surface area contributed by atoms with Crippen LogP contribution in [-0.4, -0.2) is 22.1 Å². The van der Waals surface area contributed by atoms with Gasteiger partial charge in [-0.25, -0.2) is 14.2 Å². The third-order valence-electron chi connectivity index (χ3n) is 4.53. The Balaban J connectivity index is 1.38. The number of halogens is 1. The Labute approximate surface area is 141 Å². The highest BCUT2D eigenvalue weighted by atomic mass is 19.1. The summed E-state index contributed by atoms with van der Waals surface area (Å²) in [4.78, 5) is 16.2. The Hall–Kier alpha value is -2.37. The number of carbonyl (C=O) groups excluding carboxylic acids is 1. The molecule has 128 valence electrons. The van der Waals surface area contributed by atoms with Crippen molar-refractivity contribution >= 4 is 6.03 Å². The van der Waals surface area contributed by atoms with Gasteiger partial charge in [-0.15, -0.1) is 0 Å². The van der Waals surface area contributed by atoms with Crippen LogP contribution in [0.5, 0.6) is 0 Å². The lowest BCUT2D eigenvalue weighted by Crippen LogP contribution is -2.37. The molecular formula is C18H23FN4O. The lowest BCUT2D eigenvalue weighted by molar-refractivity contribution is 0.236. The Morgan fingerprint density at radius 2 is 2.29 bits per heavy atom. The van der Waals surface area contributed by atoms with Crippen molar-refractivity contribution in [3.8, 4) is 0 Å². The highest BCUT2D eigenvalue weighted by molar-refractivity contribution is 5.74. The van der Waals surface area contributed by atoms with Crippen molar-refractivity contribution < 1.29 is 9.18 Å². The molecule has 24 heavy (non-hydrogen) atoms. The van der Waals surface area contributed by atoms with Crippen molar-refractivity contribution in [1.29, 1.82) is 0 Å². The van der Waals surface area contributed by atoms with Crippen LogP contribution in [0.4, 0.5) is 9.18 Å². The van der Waals surface area contributed by atoms with Gasteiger partial charge in [0.25, 0.3) is 0 Å². The van der Waals surface area contributed by atoms with Crippen molar-refractivity contribution in [3.05, 3.63) is 53.4 Å². The summed E-state index contributed by atoms with van der Waals surface area (Å²) in [6.07, 6.45) is 7.35. The molecule has 0 fully saturated rings. The number of nitrogens with zero attached hydrogens (tertiary/aromatic N) is 2. The zero-order valence-electron chi connectivity index (χ0n) is 13.9. The quantitative estimate of drug-likeness (QED) is 0.800. The van der Waals surface area contributed by atoms with Crippen LogP contribution < -0.4 is 10.6 Å². The van der Waals surface area contributed by atoms with E-state index in [0.29, 0.717) is 6.54 Å². The number of aryl methyl sites for hydroxylation is 3. The number of carbonyl (C=O) groups is 1. The summed E-state index contributed by atoms with van der Waals surface area (Å²) in [5.74, 6) is 0.755. The van der Waals surface area contributed by atoms with Crippen LogP contribution >= 0.6 is 0 Å². The predicted octanol–water partition coefficient (Wildman–Crippen LogP) is 3.10. The predicted molar refractivity (Wildman–Crippen MR) is 90.2 cm³/mol. The van der Waals surface area contributed by atoms with E-state index in [1.807, 2.05) is 19.2 Å². The third kappa shape index (κ3) is 3.93. The fourth-order valence-corrected chi connectivity index (χ4v) is 3.18. The van der Waals surface area contributed by atoms with Gasteiger partial charge in [-0.3, -0.25) is 0 Å². The van der Waals surface area contributed by atoms with Gasteiger partial charge in [-0.2, -0.15) is 0 Å². The molecule has 0 aliphatic heterocycles. The second-order valence-electron chi connectivity index (χ2n) is 6.21. The SMILES string of the molecule is Cc1nccn1CCCCNC(=O)NC1CCc2ccc(F)cc21. The molecule has 0 saturated carbocycles. The topological polar surface area (TPSA) is 59.0 Å². The summed E-state index contributed by atoms with van der Waals surface area (Å²) in [6.45, 7) is 3.51. The Morgan fingerprint density at radius 1 is 1.42 bits per heavy atom. The average Bonchev–Trinajstić information content (AvgIpc) is 3.14. The molecule has 2 aromatic rings. The number of fused-ring (bicyclic) bond motifs is 1. The number of hydrogen-bond donors (Lipinski definition) is 2. The van der Waals surface area contributed by atoms with Gasteiger partial charge in [0, 0.05) is 25.5 Å². The van der Waals surface area contributed by atoms with E-state index in [2.05, 4.69) is 20.2 Å². The summed E-state index contributed by atoms with van der Waals surface area (Å²) in [6, 6.07) is 4.53. The Kier molecular flexibility index (Phi) is 5.13. The fourth-order valence-electron chi connectivity index (χ4n) is 3.18. The van der Waals surface area contributed by atoms with Crippen molar-refractivity contribution in [1.82, 2.24) is 20.2 Å². The first kappa shape index (κ1) is 16.5. The van der Waals surface area contributed by atoms with Crippen LogP contribution in [0.1, 0.15) is 42.3 Å². The summed E-state index contributed by atoms with van der Waals surface area (Å²) in [7, 11) is 0. The second kappa shape index (κ2) is 7.47. The molecule has 1 aromatic carbocycles. The van der Waals surface area contributed by atoms with Gasteiger partial charge in [0.15, 0.2) is 0 Å². The van der Waals surface area contributed by atoms with Crippen molar-refractivity contribution in [2.24, 2.45) is 0 Å². The van der Waals surface area contributed by atoms with Crippen molar-refractivity contribution in [2.45, 2.75) is 45.2 Å². The van der Waals surface area contributed by atoms with E-state index in [0.717, 1.165) is 49.2 Å². The molecule has 0 radical (unpaired) electrons. The van der Waals surface area contributed by atoms with Gasteiger partial charge in [0.05, 0.1) is 6.04 Å². The van der Waals surface area contributed by atoms with Gasteiger partial charge in [-0.05, 0) is 55.9 Å². The maximum Gasteiger partial charge on any atom is 0.315 e. The number of hydrogen-bond acceptors (Lipinski definition) is 2. The molecule has 2 N–H and O–H groups in total. The van der Waals surface area contributed by atoms with Crippen LogP contribution in [-0.2, 0) is 13.0 Å². The minimum atomic E-state index is -0.252. The normalized spacial score (nSPS) is 16.0. The Bertz CT molecular complexity index is 713. The molecular weight excluding hydrogens is 307 g/mol. The molecule has 1 unspecified atom stereocenters. The largest absolute Gasteiger partial charge is 0.338 e. The van der Waals surface area contributed by atoms with E-state index in [4.69, 9.17) is 0 Å². The van der Waals surface area contributed by atoms with E-state index >= 15 is 0 Å². The van der Waals surface area contributed by atoms with Gasteiger partial charge in [0.1, 0.15) is 11.6 Å². The van der Waals surface area contributed by atoms with Crippen LogP contribution in [0.15, 0.2) is 30.6 Å². The van der Waals surface area contributed by atoms with E-state index in [9.17, 15) is 9.18 Å². The second-order valence-corrected chi connectivity index (χ2v) is 6.21. The molecule has 6 heteroatoms. The highest BCUT2D eigenvalue weighted by Gasteiger charge is 2.24. The molecule has 1 aliphatic carbocycles. The molecule has 0 spiro atoms. The van der Waals surface area contributed by atoms with Crippen LogP contribution in [0.25, 0.3) is 0 Å². The molecule has 5 nitrogen and oxygen atoms in total. The number of nitrogens with one attached hydrogen (secondary N) is 2. The standard InChI is InChI=1S/C18H23FN4O/c1-13-20-9-11-23(13)10-3-2-8-21-18(24)22-17-7-5-14-4-6-15(19)12-16(14)17/h4,6,9,11-12,17H,2-3,5,7-8,10H2,1H3,(H2,21,22,24). The fraction of sp³-hybridized carbons (Fsp3) is 0.444. The maximum absolute atomic E-state index is 13.4. The summed E-state index contributed by atoms with van der Waals surface area (Å²) >= 11 is 0. The van der Waals surface area contributed by atoms with Gasteiger partial charge in [-0.1, -0.05) is 6.07 Å². The lowest BCUT2D eigenvalue weighted by Gasteiger charge is -2.15. The van der Waals surface area contributed by atoms with E-state index in [1.54, 1.807) is 6.20 Å². The maximum atomic E-state index is 13.4. The van der Waals surface area contributed by atoms with E-state index < -0.39 is 0 Å². The van der Waals surface area contributed by atoms with Gasteiger partial charge in [0.2, 0.25) is 0 Å². The number of amides is 2. The molecule has 1 atom stereocenters. The van der Waals surface area contributed by atoms with Gasteiger partial charge >= 0.3 is 6.03 Å². The van der Waals surface area contributed by atoms with Crippen LogP contribution in [0.3, 0.4) is 0 Å². The van der Waals surface area contributed by atoms with Crippen molar-refractivity contribution in [2.75, 3.05) is 6.54 Å². The highest BCUT2D eigenvalue weighted by Crippen LogP contribution is 2.31. The monoisotopic (exact) mass is 330 g/mol. The number of urea groups is 1. The molecule has 1 aliphatic rings. The third-order valence-corrected chi connectivity index (χ3v) is 4.53. The summed E-state index contributed by atoms with van der Waals surface area (Å²) < 4.78 is 15.5. The molecule has 0 saturated heterocycles. The summed E-state index contributed by atoms with van der Waals surface area (Å²) in [5.41, 5.74) is 2.03. The first-order valence-electron chi connectivity index (χ1n) is 8.44. The number of benzene rings is 1. The van der Waals surface area contributed by atoms with Crippen LogP contribution in [0, 0.1) is 12.7 Å². The van der Waals surface area contributed by atoms with E-state index in [-0.39, 0.29) is 17.9 Å². The number of imidazole rings is 1. The average molecular weight is 330 g/mol. The molecule has 0 bridgehead atoms. The first-order chi connectivity index (χ1) is 11.6. The van der Waals surface area contributed by atoms with Crippen molar-refractivity contribution in [3.63, 3.8) is 0 Å².